The van der Waals surface area contributed by atoms with E-state index >= 15 is 0 Å². The van der Waals surface area contributed by atoms with Gasteiger partial charge < -0.3 is 13.9 Å². The second kappa shape index (κ2) is 8.50. The number of H-pyrrole nitrogens is 1. The van der Waals surface area contributed by atoms with E-state index in [0.717, 1.165) is 33.7 Å². The summed E-state index contributed by atoms with van der Waals surface area (Å²) in [6, 6.07) is 11.7. The van der Waals surface area contributed by atoms with Crippen molar-refractivity contribution < 1.29 is 9.29 Å². The molecule has 1 unspecified atom stereocenters. The van der Waals surface area contributed by atoms with E-state index < -0.39 is 11.2 Å². The van der Waals surface area contributed by atoms with E-state index in [1.807, 2.05) is 54.2 Å². The van der Waals surface area contributed by atoms with Crippen LogP contribution in [0.25, 0.3) is 16.7 Å². The Hall–Kier alpha value is -1.77. The molecule has 27 heavy (non-hydrogen) atoms. The van der Waals surface area contributed by atoms with Crippen LogP contribution in [0.2, 0.25) is 0 Å². The number of benzene rings is 1. The Labute approximate surface area is 182 Å². The predicted octanol–water partition coefficient (Wildman–Crippen LogP) is 2.72. The number of pyridine rings is 1. The van der Waals surface area contributed by atoms with E-state index in [-0.39, 0.29) is 35.3 Å². The van der Waals surface area contributed by atoms with Crippen LogP contribution in [0.1, 0.15) is 11.3 Å². The zero-order valence-corrected chi connectivity index (χ0v) is 15.3. The Balaban J connectivity index is 0.00000210. The molecule has 3 aromatic heterocycles. The van der Waals surface area contributed by atoms with Crippen molar-refractivity contribution in [3.05, 3.63) is 66.2 Å². The average molecular weight is 390 g/mol. The monoisotopic (exact) mass is 390 g/mol. The molecule has 0 bridgehead atoms. The molecule has 1 aromatic carbocycles. The molecule has 8 heteroatoms. The fourth-order valence-corrected chi connectivity index (χ4v) is 3.96. The number of aromatic nitrogens is 4. The minimum absolute atomic E-state index is 0. The van der Waals surface area contributed by atoms with E-state index in [4.69, 9.17) is 4.74 Å². The normalized spacial score (nSPS) is 12.0. The van der Waals surface area contributed by atoms with Gasteiger partial charge in [-0.1, -0.05) is 0 Å². The van der Waals surface area contributed by atoms with Crippen LogP contribution in [0.15, 0.2) is 60.1 Å². The second-order valence-electron chi connectivity index (χ2n) is 5.91. The van der Waals surface area contributed by atoms with Crippen LogP contribution < -0.4 is 4.74 Å². The molecule has 0 amide bonds. The molecule has 0 aliphatic rings. The zero-order chi connectivity index (χ0) is 18.1. The molecule has 0 saturated heterocycles. The van der Waals surface area contributed by atoms with Crippen LogP contribution in [0.4, 0.5) is 0 Å². The SMILES string of the molecule is COc1ccnc(C[S+]([O-])c2nc3cc(-n4cccc4)ccc3[nH]2)c1C.[NaH]. The number of hydrogen-bond acceptors (Lipinski definition) is 4. The fourth-order valence-electron chi connectivity index (χ4n) is 2.86. The van der Waals surface area contributed by atoms with Gasteiger partial charge in [-0.25, -0.2) is 0 Å². The maximum atomic E-state index is 12.8. The minimum atomic E-state index is -1.32. The van der Waals surface area contributed by atoms with Gasteiger partial charge in [0, 0.05) is 41.0 Å². The van der Waals surface area contributed by atoms with Crippen molar-refractivity contribution in [1.82, 2.24) is 19.5 Å². The number of rotatable bonds is 5. The van der Waals surface area contributed by atoms with Crippen molar-refractivity contribution >= 4 is 51.8 Å². The number of nitrogens with one attached hydrogen (secondary N) is 1. The third-order valence-electron chi connectivity index (χ3n) is 4.31. The molecule has 4 aromatic rings. The van der Waals surface area contributed by atoms with Crippen molar-refractivity contribution in [2.24, 2.45) is 0 Å². The standard InChI is InChI=1S/C19H18N4O2S.Na.H/c1-13-17(20-8-7-18(13)25-2)12-26(24)19-21-15-6-5-14(11-16(15)22-19)23-9-3-4-10-23;;/h3-11H,12H2,1-2H3,(H,21,22);;. The van der Waals surface area contributed by atoms with Crippen LogP contribution in [0.5, 0.6) is 5.75 Å². The van der Waals surface area contributed by atoms with E-state index in [2.05, 4.69) is 15.0 Å². The molecule has 0 aliphatic carbocycles. The number of ether oxygens (including phenoxy) is 1. The number of imidazole rings is 1. The fraction of sp³-hybridized carbons (Fsp3) is 0.158. The molecule has 6 nitrogen and oxygen atoms in total. The van der Waals surface area contributed by atoms with E-state index in [0.29, 0.717) is 5.16 Å². The molecule has 134 valence electrons. The number of aromatic amines is 1. The summed E-state index contributed by atoms with van der Waals surface area (Å²) >= 11 is -1.32. The van der Waals surface area contributed by atoms with Crippen molar-refractivity contribution in [2.45, 2.75) is 17.8 Å². The van der Waals surface area contributed by atoms with Gasteiger partial charge in [-0.15, -0.1) is 0 Å². The summed E-state index contributed by atoms with van der Waals surface area (Å²) in [5, 5.41) is 0.452. The summed E-state index contributed by atoms with van der Waals surface area (Å²) in [6.07, 6.45) is 5.62. The van der Waals surface area contributed by atoms with Gasteiger partial charge in [0.05, 0.1) is 23.8 Å². The van der Waals surface area contributed by atoms with Crippen molar-refractivity contribution in [2.75, 3.05) is 7.11 Å². The predicted molar refractivity (Wildman–Crippen MR) is 108 cm³/mol. The third kappa shape index (κ3) is 4.07. The van der Waals surface area contributed by atoms with Gasteiger partial charge in [-0.2, -0.15) is 4.98 Å². The van der Waals surface area contributed by atoms with Crippen LogP contribution in [0.3, 0.4) is 0 Å². The number of nitrogens with zero attached hydrogens (tertiary/aromatic N) is 3. The van der Waals surface area contributed by atoms with Crippen molar-refractivity contribution in [3.63, 3.8) is 0 Å². The summed E-state index contributed by atoms with van der Waals surface area (Å²) < 4.78 is 20.1. The first-order valence-corrected chi connectivity index (χ1v) is 9.47. The van der Waals surface area contributed by atoms with Gasteiger partial charge in [0.15, 0.2) is 5.75 Å². The molecule has 1 atom stereocenters. The summed E-state index contributed by atoms with van der Waals surface area (Å²) in [4.78, 5) is 12.0. The molecular weight excluding hydrogens is 371 g/mol. The van der Waals surface area contributed by atoms with Crippen LogP contribution in [-0.4, -0.2) is 60.7 Å². The third-order valence-corrected chi connectivity index (χ3v) is 5.47. The van der Waals surface area contributed by atoms with Gasteiger partial charge in [-0.05, 0) is 43.3 Å². The molecule has 4 rings (SSSR count). The van der Waals surface area contributed by atoms with Gasteiger partial charge in [-0.3, -0.25) is 9.97 Å². The van der Waals surface area contributed by atoms with Crippen LogP contribution >= 0.6 is 0 Å². The Bertz CT molecular complexity index is 1050. The van der Waals surface area contributed by atoms with Crippen molar-refractivity contribution in [1.29, 1.82) is 0 Å². The molecule has 0 fully saturated rings. The summed E-state index contributed by atoms with van der Waals surface area (Å²) in [5.74, 6) is 1.03. The van der Waals surface area contributed by atoms with Crippen molar-refractivity contribution in [3.8, 4) is 11.4 Å². The van der Waals surface area contributed by atoms with Gasteiger partial charge in [0.25, 0.3) is 0 Å². The molecule has 0 spiro atoms. The Morgan fingerprint density at radius 3 is 2.74 bits per heavy atom. The number of methoxy groups -OCH3 is 1. The van der Waals surface area contributed by atoms with E-state index in [9.17, 15) is 4.55 Å². The Kier molecular flexibility index (Phi) is 6.29. The molecule has 1 N–H and O–H groups in total. The van der Waals surface area contributed by atoms with E-state index in [1.54, 1.807) is 19.4 Å². The maximum absolute atomic E-state index is 12.8. The molecule has 3 heterocycles. The molecular formula is C19H19N4NaO2S. The van der Waals surface area contributed by atoms with E-state index in [1.165, 1.54) is 0 Å². The molecule has 0 saturated carbocycles. The zero-order valence-electron chi connectivity index (χ0n) is 14.5. The summed E-state index contributed by atoms with van der Waals surface area (Å²) in [7, 11) is 1.62. The average Bonchev–Trinajstić information content (AvgIpc) is 3.32. The topological polar surface area (TPSA) is 78.8 Å². The van der Waals surface area contributed by atoms with Crippen LogP contribution in [0, 0.1) is 6.92 Å². The summed E-state index contributed by atoms with van der Waals surface area (Å²) in [6.45, 7) is 1.92. The Morgan fingerprint density at radius 2 is 2.00 bits per heavy atom. The molecule has 0 aliphatic heterocycles. The van der Waals surface area contributed by atoms with Gasteiger partial charge in [0.2, 0.25) is 0 Å². The van der Waals surface area contributed by atoms with Crippen LogP contribution in [-0.2, 0) is 16.9 Å². The molecule has 0 radical (unpaired) electrons. The quantitative estimate of drug-likeness (QED) is 0.420. The summed E-state index contributed by atoms with van der Waals surface area (Å²) in [5.41, 5.74) is 4.30. The number of hydrogen-bond donors (Lipinski definition) is 1. The Morgan fingerprint density at radius 1 is 1.22 bits per heavy atom. The first-order valence-electron chi connectivity index (χ1n) is 8.15. The number of fused-ring (bicyclic) bond motifs is 1. The first kappa shape index (κ1) is 20.0. The van der Waals surface area contributed by atoms with Gasteiger partial charge >= 0.3 is 34.7 Å². The first-order chi connectivity index (χ1) is 12.7. The van der Waals surface area contributed by atoms with Gasteiger partial charge in [0.1, 0.15) is 5.75 Å². The second-order valence-corrected chi connectivity index (χ2v) is 7.27.